The molecule has 0 saturated heterocycles. The largest absolute Gasteiger partial charge is 0.388 e. The molecule has 1 aromatic carbocycles. The van der Waals surface area contributed by atoms with Crippen LogP contribution in [0, 0.1) is 10.1 Å². The predicted molar refractivity (Wildman–Crippen MR) is 75.9 cm³/mol. The lowest BCUT2D eigenvalue weighted by Gasteiger charge is -2.38. The summed E-state index contributed by atoms with van der Waals surface area (Å²) in [5, 5.41) is 23.5. The van der Waals surface area contributed by atoms with Gasteiger partial charge in [0.25, 0.3) is 11.6 Å². The summed E-state index contributed by atoms with van der Waals surface area (Å²) in [7, 11) is 0. The lowest BCUT2D eigenvalue weighted by molar-refractivity contribution is -0.384. The number of carbonyl (C=O) groups is 1. The van der Waals surface area contributed by atoms with Gasteiger partial charge in [0.2, 0.25) is 0 Å². The van der Waals surface area contributed by atoms with Crippen LogP contribution in [0.2, 0.25) is 5.02 Å². The maximum Gasteiger partial charge on any atom is 0.271 e. The number of nitro benzene ring substituents is 1. The average molecular weight is 301 g/mol. The van der Waals surface area contributed by atoms with Crippen LogP contribution in [0.15, 0.2) is 18.2 Å². The summed E-state index contributed by atoms with van der Waals surface area (Å²) in [5.41, 5.74) is -2.26. The molecule has 1 rings (SSSR count). The number of non-ortho nitro benzene ring substituents is 1. The number of benzene rings is 1. The molecule has 0 aliphatic rings. The van der Waals surface area contributed by atoms with Crippen LogP contribution in [0.3, 0.4) is 0 Å². The number of hydrogen-bond donors (Lipinski definition) is 2. The van der Waals surface area contributed by atoms with E-state index in [4.69, 9.17) is 11.6 Å². The minimum Gasteiger partial charge on any atom is -0.388 e. The summed E-state index contributed by atoms with van der Waals surface area (Å²) in [6.07, 6.45) is 0. The highest BCUT2D eigenvalue weighted by molar-refractivity contribution is 6.31. The van der Waals surface area contributed by atoms with Gasteiger partial charge in [0.15, 0.2) is 0 Å². The molecule has 2 N–H and O–H groups in total. The van der Waals surface area contributed by atoms with Crippen molar-refractivity contribution in [2.24, 2.45) is 0 Å². The number of nitrogens with zero attached hydrogens (tertiary/aromatic N) is 1. The fourth-order valence-electron chi connectivity index (χ4n) is 1.32. The minimum absolute atomic E-state index is 0.0709. The molecule has 0 spiro atoms. The van der Waals surface area contributed by atoms with Gasteiger partial charge in [0, 0.05) is 22.7 Å². The van der Waals surface area contributed by atoms with Gasteiger partial charge in [0.05, 0.1) is 16.1 Å². The average Bonchev–Trinajstić information content (AvgIpc) is 2.25. The Morgan fingerprint density at radius 3 is 2.30 bits per heavy atom. The van der Waals surface area contributed by atoms with E-state index in [0.29, 0.717) is 0 Å². The van der Waals surface area contributed by atoms with Crippen LogP contribution in [0.4, 0.5) is 5.69 Å². The standard InChI is InChI=1S/C13H17ClN2O4/c1-12(2,13(3,4)18)15-11(17)8-5-9(14)7-10(6-8)16(19)20/h5-7,18H,1-4H3,(H,15,17). The van der Waals surface area contributed by atoms with E-state index >= 15 is 0 Å². The van der Waals surface area contributed by atoms with Gasteiger partial charge in [-0.05, 0) is 33.8 Å². The van der Waals surface area contributed by atoms with Crippen molar-refractivity contribution in [1.82, 2.24) is 5.32 Å². The number of hydrogen-bond acceptors (Lipinski definition) is 4. The molecule has 1 aromatic rings. The van der Waals surface area contributed by atoms with Crippen LogP contribution in [-0.4, -0.2) is 27.1 Å². The number of aliphatic hydroxyl groups is 1. The Hall–Kier alpha value is -1.66. The van der Waals surface area contributed by atoms with E-state index in [0.717, 1.165) is 6.07 Å². The SMILES string of the molecule is CC(C)(O)C(C)(C)NC(=O)c1cc(Cl)cc([N+](=O)[O-])c1. The first-order valence-corrected chi connectivity index (χ1v) is 6.32. The molecule has 0 fully saturated rings. The smallest absolute Gasteiger partial charge is 0.271 e. The van der Waals surface area contributed by atoms with Gasteiger partial charge in [-0.3, -0.25) is 14.9 Å². The van der Waals surface area contributed by atoms with Crippen molar-refractivity contribution in [2.45, 2.75) is 38.8 Å². The summed E-state index contributed by atoms with van der Waals surface area (Å²) in [6, 6.07) is 3.64. The Labute approximate surface area is 121 Å². The van der Waals surface area contributed by atoms with Crippen molar-refractivity contribution < 1.29 is 14.8 Å². The van der Waals surface area contributed by atoms with Crippen molar-refractivity contribution in [3.63, 3.8) is 0 Å². The van der Waals surface area contributed by atoms with Crippen LogP contribution in [0.5, 0.6) is 0 Å². The second-order valence-corrected chi connectivity index (χ2v) is 6.03. The fraction of sp³-hybridized carbons (Fsp3) is 0.462. The van der Waals surface area contributed by atoms with E-state index < -0.39 is 22.0 Å². The molecule has 1 amide bonds. The van der Waals surface area contributed by atoms with E-state index in [1.807, 2.05) is 0 Å². The molecule has 0 bridgehead atoms. The minimum atomic E-state index is -1.16. The highest BCUT2D eigenvalue weighted by atomic mass is 35.5. The van der Waals surface area contributed by atoms with Crippen LogP contribution in [0.25, 0.3) is 0 Å². The fourth-order valence-corrected chi connectivity index (χ4v) is 1.55. The third-order valence-electron chi connectivity index (χ3n) is 3.31. The Morgan fingerprint density at radius 2 is 1.85 bits per heavy atom. The predicted octanol–water partition coefficient (Wildman–Crippen LogP) is 2.53. The maximum atomic E-state index is 12.1. The van der Waals surface area contributed by atoms with Crippen LogP contribution in [0.1, 0.15) is 38.1 Å². The molecule has 6 nitrogen and oxygen atoms in total. The molecule has 7 heteroatoms. The summed E-state index contributed by atoms with van der Waals surface area (Å²) in [4.78, 5) is 22.3. The Bertz CT molecular complexity index is 550. The zero-order chi connectivity index (χ0) is 15.7. The molecule has 0 aromatic heterocycles. The molecule has 110 valence electrons. The lowest BCUT2D eigenvalue weighted by atomic mass is 9.85. The molecule has 0 atom stereocenters. The van der Waals surface area contributed by atoms with Gasteiger partial charge in [-0.1, -0.05) is 11.6 Å². The van der Waals surface area contributed by atoms with E-state index in [1.54, 1.807) is 27.7 Å². The van der Waals surface area contributed by atoms with E-state index in [9.17, 15) is 20.0 Å². The van der Waals surface area contributed by atoms with E-state index in [-0.39, 0.29) is 16.3 Å². The highest BCUT2D eigenvalue weighted by Crippen LogP contribution is 2.24. The van der Waals surface area contributed by atoms with Crippen LogP contribution in [-0.2, 0) is 0 Å². The monoisotopic (exact) mass is 300 g/mol. The Balaban J connectivity index is 3.08. The molecule has 0 aliphatic heterocycles. The topological polar surface area (TPSA) is 92.5 Å². The Morgan fingerprint density at radius 1 is 1.30 bits per heavy atom. The van der Waals surface area contributed by atoms with Gasteiger partial charge in [-0.25, -0.2) is 0 Å². The van der Waals surface area contributed by atoms with Gasteiger partial charge in [-0.15, -0.1) is 0 Å². The summed E-state index contributed by atoms with van der Waals surface area (Å²) >= 11 is 5.77. The summed E-state index contributed by atoms with van der Waals surface area (Å²) in [6.45, 7) is 6.44. The molecular weight excluding hydrogens is 284 g/mol. The molecule has 20 heavy (non-hydrogen) atoms. The number of halogens is 1. The third kappa shape index (κ3) is 3.68. The van der Waals surface area contributed by atoms with Crippen molar-refractivity contribution in [3.8, 4) is 0 Å². The second kappa shape index (κ2) is 5.38. The number of nitrogens with one attached hydrogen (secondary N) is 1. The van der Waals surface area contributed by atoms with Gasteiger partial charge in [-0.2, -0.15) is 0 Å². The van der Waals surface area contributed by atoms with E-state index in [2.05, 4.69) is 5.32 Å². The lowest BCUT2D eigenvalue weighted by Crippen LogP contribution is -2.57. The normalized spacial score (nSPS) is 12.1. The molecule has 0 aliphatic carbocycles. The van der Waals surface area contributed by atoms with Gasteiger partial charge >= 0.3 is 0 Å². The van der Waals surface area contributed by atoms with Crippen LogP contribution < -0.4 is 5.32 Å². The summed E-state index contributed by atoms with van der Waals surface area (Å²) < 4.78 is 0. The Kier molecular flexibility index (Phi) is 4.41. The van der Waals surface area contributed by atoms with Crippen molar-refractivity contribution in [2.75, 3.05) is 0 Å². The van der Waals surface area contributed by atoms with Gasteiger partial charge < -0.3 is 10.4 Å². The second-order valence-electron chi connectivity index (χ2n) is 5.59. The third-order valence-corrected chi connectivity index (χ3v) is 3.53. The number of nitro groups is 1. The van der Waals surface area contributed by atoms with Crippen molar-refractivity contribution in [3.05, 3.63) is 38.9 Å². The first-order chi connectivity index (χ1) is 8.94. The molecule has 0 heterocycles. The quantitative estimate of drug-likeness (QED) is 0.660. The number of amides is 1. The van der Waals surface area contributed by atoms with Crippen molar-refractivity contribution in [1.29, 1.82) is 0 Å². The molecule has 0 unspecified atom stereocenters. The first-order valence-electron chi connectivity index (χ1n) is 5.94. The van der Waals surface area contributed by atoms with E-state index in [1.165, 1.54) is 12.1 Å². The number of rotatable bonds is 4. The summed E-state index contributed by atoms with van der Waals surface area (Å²) in [5.74, 6) is -0.539. The highest BCUT2D eigenvalue weighted by Gasteiger charge is 2.36. The van der Waals surface area contributed by atoms with Crippen molar-refractivity contribution >= 4 is 23.2 Å². The zero-order valence-electron chi connectivity index (χ0n) is 11.7. The number of carbonyl (C=O) groups excluding carboxylic acids is 1. The van der Waals surface area contributed by atoms with Gasteiger partial charge in [0.1, 0.15) is 0 Å². The molecule has 0 saturated carbocycles. The first kappa shape index (κ1) is 16.4. The molecule has 0 radical (unpaired) electrons. The van der Waals surface area contributed by atoms with Crippen LogP contribution >= 0.6 is 11.6 Å². The zero-order valence-corrected chi connectivity index (χ0v) is 12.5. The maximum absolute atomic E-state index is 12.1. The molecular formula is C13H17ClN2O4.